The highest BCUT2D eigenvalue weighted by molar-refractivity contribution is 6.05. The molecule has 0 unspecified atom stereocenters. The van der Waals surface area contributed by atoms with Gasteiger partial charge in [0, 0.05) is 12.3 Å². The fourth-order valence-corrected chi connectivity index (χ4v) is 3.65. The molecule has 8 heteroatoms. The third kappa shape index (κ3) is 4.45. The number of carbonyl (C=O) groups is 1. The second-order valence-corrected chi connectivity index (χ2v) is 7.33. The molecule has 2 aromatic carbocycles. The van der Waals surface area contributed by atoms with Crippen molar-refractivity contribution in [2.45, 2.75) is 19.3 Å². The van der Waals surface area contributed by atoms with Gasteiger partial charge in [-0.2, -0.15) is 5.10 Å². The number of amides is 1. The van der Waals surface area contributed by atoms with E-state index in [4.69, 9.17) is 0 Å². The first kappa shape index (κ1) is 21.5. The van der Waals surface area contributed by atoms with E-state index in [1.165, 1.54) is 12.3 Å². The van der Waals surface area contributed by atoms with Crippen molar-refractivity contribution in [1.29, 1.82) is 0 Å². The quantitative estimate of drug-likeness (QED) is 0.440. The number of aliphatic hydroxyl groups excluding tert-OH is 1. The van der Waals surface area contributed by atoms with Crippen LogP contribution in [0.2, 0.25) is 0 Å². The van der Waals surface area contributed by atoms with Gasteiger partial charge in [0.2, 0.25) is 0 Å². The Morgan fingerprint density at radius 2 is 1.84 bits per heavy atom. The van der Waals surface area contributed by atoms with Gasteiger partial charge in [-0.1, -0.05) is 42.5 Å². The standard InChI is InChI=1S/C24H22F2N4O2/c25-17-9-4-10-18(26)21(17)24(32)29-20-14-27-30-23(20)19-12-11-16(8-5-13-31)22(28-19)15-6-2-1-3-7-15/h1-4,6-7,9-10,12,14,28,31H,5,8,11,13H2,(H,27,30)(H,29,32). The summed E-state index contributed by atoms with van der Waals surface area (Å²) < 4.78 is 28.0. The monoisotopic (exact) mass is 436 g/mol. The highest BCUT2D eigenvalue weighted by Crippen LogP contribution is 2.32. The maximum atomic E-state index is 14.0. The fraction of sp³-hybridized carbons (Fsp3) is 0.167. The number of carbonyl (C=O) groups excluding carboxylic acids is 1. The number of allylic oxidation sites excluding steroid dienone is 2. The van der Waals surface area contributed by atoms with Crippen LogP contribution in [0.25, 0.3) is 11.4 Å². The van der Waals surface area contributed by atoms with Crippen LogP contribution in [0.15, 0.2) is 66.4 Å². The van der Waals surface area contributed by atoms with Crippen molar-refractivity contribution in [3.05, 3.63) is 94.8 Å². The third-order valence-electron chi connectivity index (χ3n) is 5.21. The number of rotatable bonds is 7. The SMILES string of the molecule is O=C(Nc1cn[nH]c1C1=CCC(CCCO)=C(c2ccccc2)N1)c1c(F)cccc1F. The highest BCUT2D eigenvalue weighted by atomic mass is 19.1. The number of nitrogens with one attached hydrogen (secondary N) is 3. The van der Waals surface area contributed by atoms with E-state index >= 15 is 0 Å². The number of aromatic amines is 1. The number of aliphatic hydroxyl groups is 1. The molecule has 4 N–H and O–H groups in total. The first-order valence-corrected chi connectivity index (χ1v) is 10.2. The predicted molar refractivity (Wildman–Crippen MR) is 118 cm³/mol. The lowest BCUT2D eigenvalue weighted by Gasteiger charge is -2.24. The summed E-state index contributed by atoms with van der Waals surface area (Å²) in [4.78, 5) is 12.5. The molecule has 1 aliphatic rings. The van der Waals surface area contributed by atoms with Crippen LogP contribution in [0.1, 0.15) is 40.9 Å². The summed E-state index contributed by atoms with van der Waals surface area (Å²) in [6.45, 7) is 0.103. The average molecular weight is 436 g/mol. The normalized spacial score (nSPS) is 13.5. The van der Waals surface area contributed by atoms with Crippen LogP contribution in [0.4, 0.5) is 14.5 Å². The summed E-state index contributed by atoms with van der Waals surface area (Å²) in [7, 11) is 0. The van der Waals surface area contributed by atoms with Gasteiger partial charge in [0.25, 0.3) is 5.91 Å². The average Bonchev–Trinajstić information content (AvgIpc) is 3.26. The molecule has 164 valence electrons. The molecule has 0 spiro atoms. The maximum absolute atomic E-state index is 14.0. The molecule has 0 atom stereocenters. The third-order valence-corrected chi connectivity index (χ3v) is 5.21. The molecular weight excluding hydrogens is 414 g/mol. The number of anilines is 1. The van der Waals surface area contributed by atoms with Gasteiger partial charge in [-0.3, -0.25) is 9.89 Å². The summed E-state index contributed by atoms with van der Waals surface area (Å²) in [6.07, 6.45) is 5.36. The van der Waals surface area contributed by atoms with E-state index in [2.05, 4.69) is 20.8 Å². The molecule has 6 nitrogen and oxygen atoms in total. The second-order valence-electron chi connectivity index (χ2n) is 7.33. The zero-order chi connectivity index (χ0) is 22.5. The minimum Gasteiger partial charge on any atom is -0.396 e. The predicted octanol–water partition coefficient (Wildman–Crippen LogP) is 4.46. The number of benzene rings is 2. The summed E-state index contributed by atoms with van der Waals surface area (Å²) >= 11 is 0. The Labute approximate surface area is 183 Å². The van der Waals surface area contributed by atoms with Crippen LogP contribution >= 0.6 is 0 Å². The van der Waals surface area contributed by atoms with E-state index in [0.29, 0.717) is 29.9 Å². The van der Waals surface area contributed by atoms with Crippen molar-refractivity contribution in [2.24, 2.45) is 0 Å². The summed E-state index contributed by atoms with van der Waals surface area (Å²) in [5, 5.41) is 22.0. The Morgan fingerprint density at radius 3 is 2.56 bits per heavy atom. The van der Waals surface area contributed by atoms with E-state index in [9.17, 15) is 18.7 Å². The van der Waals surface area contributed by atoms with Crippen molar-refractivity contribution >= 4 is 23.0 Å². The van der Waals surface area contributed by atoms with Gasteiger partial charge in [0.05, 0.1) is 17.6 Å². The van der Waals surface area contributed by atoms with Crippen LogP contribution in [0, 0.1) is 11.6 Å². The lowest BCUT2D eigenvalue weighted by atomic mass is 9.95. The topological polar surface area (TPSA) is 90.0 Å². The van der Waals surface area contributed by atoms with Crippen molar-refractivity contribution in [1.82, 2.24) is 15.5 Å². The molecule has 1 aromatic heterocycles. The molecule has 0 aliphatic carbocycles. The first-order chi connectivity index (χ1) is 15.6. The Bertz CT molecular complexity index is 1170. The molecule has 32 heavy (non-hydrogen) atoms. The van der Waals surface area contributed by atoms with Gasteiger partial charge in [-0.15, -0.1) is 0 Å². The Kier molecular flexibility index (Phi) is 6.42. The van der Waals surface area contributed by atoms with Gasteiger partial charge in [-0.25, -0.2) is 8.78 Å². The van der Waals surface area contributed by atoms with Crippen molar-refractivity contribution < 1.29 is 18.7 Å². The van der Waals surface area contributed by atoms with Gasteiger partial charge >= 0.3 is 0 Å². The molecule has 4 rings (SSSR count). The van der Waals surface area contributed by atoms with Crippen molar-refractivity contribution in [3.8, 4) is 0 Å². The molecule has 3 aromatic rings. The van der Waals surface area contributed by atoms with Gasteiger partial charge in [0.15, 0.2) is 0 Å². The molecule has 1 aliphatic heterocycles. The molecule has 0 fully saturated rings. The van der Waals surface area contributed by atoms with Gasteiger partial charge in [-0.05, 0) is 42.5 Å². The molecule has 1 amide bonds. The second kappa shape index (κ2) is 9.57. The molecule has 0 bridgehead atoms. The van der Waals surface area contributed by atoms with E-state index in [-0.39, 0.29) is 6.61 Å². The Morgan fingerprint density at radius 1 is 1.09 bits per heavy atom. The smallest absolute Gasteiger partial charge is 0.261 e. The number of H-pyrrole nitrogens is 1. The minimum absolute atomic E-state index is 0.103. The zero-order valence-electron chi connectivity index (χ0n) is 17.2. The number of dihydropyridines is 1. The maximum Gasteiger partial charge on any atom is 0.261 e. The molecule has 2 heterocycles. The number of aromatic nitrogens is 2. The van der Waals surface area contributed by atoms with E-state index in [1.807, 2.05) is 36.4 Å². The molecule has 0 saturated heterocycles. The molecule has 0 saturated carbocycles. The van der Waals surface area contributed by atoms with Gasteiger partial charge in [0.1, 0.15) is 22.9 Å². The zero-order valence-corrected chi connectivity index (χ0v) is 17.2. The Balaban J connectivity index is 1.60. The number of nitrogens with zero attached hydrogens (tertiary/aromatic N) is 1. The fourth-order valence-electron chi connectivity index (χ4n) is 3.65. The number of hydrogen-bond acceptors (Lipinski definition) is 4. The highest BCUT2D eigenvalue weighted by Gasteiger charge is 2.22. The lowest BCUT2D eigenvalue weighted by Crippen LogP contribution is -2.20. The minimum atomic E-state index is -0.939. The van der Waals surface area contributed by atoms with Crippen molar-refractivity contribution in [2.75, 3.05) is 11.9 Å². The van der Waals surface area contributed by atoms with Crippen LogP contribution in [0.3, 0.4) is 0 Å². The summed E-state index contributed by atoms with van der Waals surface area (Å²) in [5.41, 5.74) is 3.87. The number of hydrogen-bond donors (Lipinski definition) is 4. The van der Waals surface area contributed by atoms with Gasteiger partial charge < -0.3 is 15.7 Å². The van der Waals surface area contributed by atoms with Crippen LogP contribution in [0.5, 0.6) is 0 Å². The van der Waals surface area contributed by atoms with E-state index in [1.54, 1.807) is 0 Å². The van der Waals surface area contributed by atoms with Crippen LogP contribution < -0.4 is 10.6 Å². The Hall–Kier alpha value is -3.78. The molecule has 0 radical (unpaired) electrons. The largest absolute Gasteiger partial charge is 0.396 e. The van der Waals surface area contributed by atoms with E-state index < -0.39 is 23.1 Å². The van der Waals surface area contributed by atoms with E-state index in [0.717, 1.165) is 35.4 Å². The van der Waals surface area contributed by atoms with Crippen LogP contribution in [-0.2, 0) is 0 Å². The van der Waals surface area contributed by atoms with Crippen molar-refractivity contribution in [3.63, 3.8) is 0 Å². The van der Waals surface area contributed by atoms with Crippen LogP contribution in [-0.4, -0.2) is 27.8 Å². The number of halogens is 2. The summed E-state index contributed by atoms with van der Waals surface area (Å²) in [6, 6.07) is 13.1. The first-order valence-electron chi connectivity index (χ1n) is 10.2. The summed E-state index contributed by atoms with van der Waals surface area (Å²) in [5.74, 6) is -2.78. The molecular formula is C24H22F2N4O2. The lowest BCUT2D eigenvalue weighted by molar-refractivity contribution is 0.101.